The lowest BCUT2D eigenvalue weighted by molar-refractivity contribution is 0.0554. The molecule has 2 N–H and O–H groups in total. The standard InChI is InChI=1S/C28H26F2N4O/c1-18-13-22(28(29,30)17-32)10-12-23(19(18)2)24-11-9-20(16-31)14-26(24)35-27-15-25(33-34(27)3)21-7-5-4-6-8-21/h4-15,19H,17,32H2,1-3H3. The van der Waals surface area contributed by atoms with E-state index in [0.29, 0.717) is 22.8 Å². The van der Waals surface area contributed by atoms with Crippen molar-refractivity contribution in [3.05, 3.63) is 95.1 Å². The van der Waals surface area contributed by atoms with E-state index in [4.69, 9.17) is 10.5 Å². The SMILES string of the molecule is CC1=CC(C(F)(F)CN)=CC=C(c2ccc(C#N)cc2Oc2cc(-c3ccccc3)nn2C)C1C. The van der Waals surface area contributed by atoms with Gasteiger partial charge in [0.15, 0.2) is 0 Å². The Labute approximate surface area is 203 Å². The second-order valence-corrected chi connectivity index (χ2v) is 8.54. The Hall–Kier alpha value is -4.02. The van der Waals surface area contributed by atoms with Gasteiger partial charge in [-0.25, -0.2) is 4.68 Å². The Bertz CT molecular complexity index is 1380. The van der Waals surface area contributed by atoms with E-state index < -0.39 is 12.5 Å². The monoisotopic (exact) mass is 472 g/mol. The predicted octanol–water partition coefficient (Wildman–Crippen LogP) is 6.25. The first-order chi connectivity index (χ1) is 16.7. The lowest BCUT2D eigenvalue weighted by Gasteiger charge is -2.20. The highest BCUT2D eigenvalue weighted by molar-refractivity contribution is 5.77. The number of halogens is 2. The summed E-state index contributed by atoms with van der Waals surface area (Å²) in [4.78, 5) is 0. The third-order valence-electron chi connectivity index (χ3n) is 6.20. The molecule has 0 radical (unpaired) electrons. The predicted molar refractivity (Wildman–Crippen MR) is 133 cm³/mol. The van der Waals surface area contributed by atoms with E-state index in [1.807, 2.05) is 50.2 Å². The highest BCUT2D eigenvalue weighted by atomic mass is 19.3. The molecule has 0 saturated carbocycles. The van der Waals surface area contributed by atoms with Gasteiger partial charge in [-0.2, -0.15) is 19.1 Å². The molecule has 1 aromatic heterocycles. The maximum atomic E-state index is 14.4. The first kappa shape index (κ1) is 24.1. The first-order valence-electron chi connectivity index (χ1n) is 11.2. The molecule has 0 aliphatic heterocycles. The molecule has 1 unspecified atom stereocenters. The van der Waals surface area contributed by atoms with Gasteiger partial charge in [-0.3, -0.25) is 0 Å². The van der Waals surface area contributed by atoms with Crippen molar-refractivity contribution in [2.24, 2.45) is 18.7 Å². The minimum atomic E-state index is -3.13. The Morgan fingerprint density at radius 3 is 2.57 bits per heavy atom. The highest BCUT2D eigenvalue weighted by Crippen LogP contribution is 2.40. The van der Waals surface area contributed by atoms with Crippen LogP contribution in [0.25, 0.3) is 16.8 Å². The third kappa shape index (κ3) is 4.93. The van der Waals surface area contributed by atoms with Gasteiger partial charge in [-0.1, -0.05) is 61.1 Å². The van der Waals surface area contributed by atoms with Crippen molar-refractivity contribution in [3.63, 3.8) is 0 Å². The van der Waals surface area contributed by atoms with Crippen LogP contribution in [0.4, 0.5) is 8.78 Å². The number of hydrogen-bond donors (Lipinski definition) is 1. The number of ether oxygens (including phenoxy) is 1. The van der Waals surface area contributed by atoms with Gasteiger partial charge < -0.3 is 10.5 Å². The lowest BCUT2D eigenvalue weighted by Crippen LogP contribution is -2.29. The van der Waals surface area contributed by atoms with E-state index in [-0.39, 0.29) is 11.5 Å². The summed E-state index contributed by atoms with van der Waals surface area (Å²) in [6.45, 7) is 3.01. The minimum absolute atomic E-state index is 0.130. The number of hydrogen-bond acceptors (Lipinski definition) is 4. The number of aryl methyl sites for hydroxylation is 1. The molecule has 35 heavy (non-hydrogen) atoms. The average Bonchev–Trinajstić information content (AvgIpc) is 3.16. The fraction of sp³-hybridized carbons (Fsp3) is 0.214. The van der Waals surface area contributed by atoms with E-state index >= 15 is 0 Å². The summed E-state index contributed by atoms with van der Waals surface area (Å²) in [6, 6.07) is 18.8. The second kappa shape index (κ2) is 9.69. The van der Waals surface area contributed by atoms with E-state index in [2.05, 4.69) is 11.2 Å². The van der Waals surface area contributed by atoms with Crippen molar-refractivity contribution in [1.82, 2.24) is 9.78 Å². The van der Waals surface area contributed by atoms with Gasteiger partial charge in [0.05, 0.1) is 23.9 Å². The van der Waals surface area contributed by atoms with Gasteiger partial charge in [0.2, 0.25) is 5.88 Å². The number of aromatic nitrogens is 2. The zero-order valence-corrected chi connectivity index (χ0v) is 19.8. The molecule has 0 bridgehead atoms. The quantitative estimate of drug-likeness (QED) is 0.460. The van der Waals surface area contributed by atoms with Crippen LogP contribution in [0.3, 0.4) is 0 Å². The van der Waals surface area contributed by atoms with Crippen LogP contribution in [0, 0.1) is 17.2 Å². The van der Waals surface area contributed by atoms with E-state index in [0.717, 1.165) is 22.4 Å². The number of rotatable bonds is 6. The summed E-state index contributed by atoms with van der Waals surface area (Å²) in [5.74, 6) is -2.36. The molecule has 0 spiro atoms. The molecule has 1 heterocycles. The topological polar surface area (TPSA) is 76.9 Å². The van der Waals surface area contributed by atoms with Crippen LogP contribution < -0.4 is 10.5 Å². The van der Waals surface area contributed by atoms with Gasteiger partial charge in [0.25, 0.3) is 5.92 Å². The molecule has 0 amide bonds. The average molecular weight is 473 g/mol. The van der Waals surface area contributed by atoms with Crippen molar-refractivity contribution in [2.75, 3.05) is 6.54 Å². The second-order valence-electron chi connectivity index (χ2n) is 8.54. The number of benzene rings is 2. The van der Waals surface area contributed by atoms with Crippen LogP contribution in [-0.2, 0) is 7.05 Å². The van der Waals surface area contributed by atoms with Gasteiger partial charge in [-0.05, 0) is 30.7 Å². The fourth-order valence-electron chi connectivity index (χ4n) is 3.98. The molecule has 0 saturated heterocycles. The maximum absolute atomic E-state index is 14.4. The summed E-state index contributed by atoms with van der Waals surface area (Å²) >= 11 is 0. The number of nitrogens with two attached hydrogens (primary N) is 1. The van der Waals surface area contributed by atoms with Crippen LogP contribution in [0.5, 0.6) is 11.6 Å². The first-order valence-corrected chi connectivity index (χ1v) is 11.2. The lowest BCUT2D eigenvalue weighted by atomic mass is 9.88. The molecular formula is C28H26F2N4O. The Morgan fingerprint density at radius 2 is 1.89 bits per heavy atom. The molecule has 178 valence electrons. The Morgan fingerprint density at radius 1 is 1.14 bits per heavy atom. The van der Waals surface area contributed by atoms with E-state index in [1.54, 1.807) is 36.0 Å². The summed E-state index contributed by atoms with van der Waals surface area (Å²) in [5, 5.41) is 14.0. The smallest absolute Gasteiger partial charge is 0.285 e. The van der Waals surface area contributed by atoms with Crippen molar-refractivity contribution in [2.45, 2.75) is 19.8 Å². The summed E-state index contributed by atoms with van der Waals surface area (Å²) in [5.41, 5.74) is 9.59. The Balaban J connectivity index is 1.78. The zero-order chi connectivity index (χ0) is 25.2. The van der Waals surface area contributed by atoms with Crippen LogP contribution in [0.2, 0.25) is 0 Å². The number of nitriles is 1. The largest absolute Gasteiger partial charge is 0.439 e. The number of alkyl halides is 2. The highest BCUT2D eigenvalue weighted by Gasteiger charge is 2.32. The Kier molecular flexibility index (Phi) is 6.68. The van der Waals surface area contributed by atoms with Crippen molar-refractivity contribution < 1.29 is 13.5 Å². The fourth-order valence-corrected chi connectivity index (χ4v) is 3.98. The zero-order valence-electron chi connectivity index (χ0n) is 19.8. The molecular weight excluding hydrogens is 446 g/mol. The summed E-state index contributed by atoms with van der Waals surface area (Å²) in [7, 11) is 1.78. The maximum Gasteiger partial charge on any atom is 0.285 e. The molecule has 7 heteroatoms. The van der Waals surface area contributed by atoms with Gasteiger partial charge >= 0.3 is 0 Å². The van der Waals surface area contributed by atoms with Gasteiger partial charge in [-0.15, -0.1) is 0 Å². The molecule has 3 aromatic rings. The molecule has 0 fully saturated rings. The summed E-state index contributed by atoms with van der Waals surface area (Å²) < 4.78 is 36.6. The molecule has 2 aromatic carbocycles. The van der Waals surface area contributed by atoms with E-state index in [1.165, 1.54) is 12.2 Å². The van der Waals surface area contributed by atoms with Crippen LogP contribution >= 0.6 is 0 Å². The molecule has 1 atom stereocenters. The van der Waals surface area contributed by atoms with Crippen molar-refractivity contribution >= 4 is 5.57 Å². The van der Waals surface area contributed by atoms with E-state index in [9.17, 15) is 14.0 Å². The minimum Gasteiger partial charge on any atom is -0.439 e. The van der Waals surface area contributed by atoms with Crippen LogP contribution in [0.15, 0.2) is 84.0 Å². The number of allylic oxidation sites excluding steroid dienone is 5. The molecule has 4 rings (SSSR count). The molecule has 5 nitrogen and oxygen atoms in total. The van der Waals surface area contributed by atoms with Crippen molar-refractivity contribution in [1.29, 1.82) is 5.26 Å². The number of nitrogens with zero attached hydrogens (tertiary/aromatic N) is 3. The molecule has 1 aliphatic carbocycles. The third-order valence-corrected chi connectivity index (χ3v) is 6.20. The van der Waals surface area contributed by atoms with Crippen LogP contribution in [-0.4, -0.2) is 22.2 Å². The van der Waals surface area contributed by atoms with Crippen molar-refractivity contribution in [3.8, 4) is 29.0 Å². The van der Waals surface area contributed by atoms with Crippen LogP contribution in [0.1, 0.15) is 25.0 Å². The summed E-state index contributed by atoms with van der Waals surface area (Å²) in [6.07, 6.45) is 4.59. The molecule has 1 aliphatic rings. The van der Waals surface area contributed by atoms with Gasteiger partial charge in [0, 0.05) is 35.7 Å². The normalized spacial score (nSPS) is 16.0. The van der Waals surface area contributed by atoms with Gasteiger partial charge in [0.1, 0.15) is 5.75 Å².